The summed E-state index contributed by atoms with van der Waals surface area (Å²) in [6, 6.07) is 5.63. The van der Waals surface area contributed by atoms with Gasteiger partial charge in [0.1, 0.15) is 5.75 Å². The third-order valence-electron chi connectivity index (χ3n) is 3.68. The molecule has 2 aliphatic rings. The summed E-state index contributed by atoms with van der Waals surface area (Å²) in [6.45, 7) is 0.990. The molecular formula is C14H15NO4. The van der Waals surface area contributed by atoms with Crippen molar-refractivity contribution in [2.24, 2.45) is 5.92 Å². The van der Waals surface area contributed by atoms with Crippen LogP contribution in [0.2, 0.25) is 0 Å². The third kappa shape index (κ3) is 2.16. The molecule has 5 heteroatoms. The number of aliphatic carboxylic acids is 1. The summed E-state index contributed by atoms with van der Waals surface area (Å²) in [5.74, 6) is -0.752. The monoisotopic (exact) mass is 261 g/mol. The number of anilines is 1. The lowest BCUT2D eigenvalue weighted by Gasteiger charge is -2.21. The van der Waals surface area contributed by atoms with Gasteiger partial charge < -0.3 is 14.7 Å². The minimum absolute atomic E-state index is 0.0862. The number of aryl methyl sites for hydroxylation is 1. The predicted molar refractivity (Wildman–Crippen MR) is 68.4 cm³/mol. The molecule has 1 saturated heterocycles. The SMILES string of the molecule is O=C(O)C1CC(=O)N(c2ccc3c(c2)CCCO3)C1. The Bertz CT molecular complexity index is 540. The second kappa shape index (κ2) is 4.57. The number of rotatable bonds is 2. The Morgan fingerprint density at radius 1 is 1.42 bits per heavy atom. The Kier molecular flexibility index (Phi) is 2.89. The summed E-state index contributed by atoms with van der Waals surface area (Å²) in [7, 11) is 0. The van der Waals surface area contributed by atoms with Crippen LogP contribution < -0.4 is 9.64 Å². The average molecular weight is 261 g/mol. The number of benzene rings is 1. The van der Waals surface area contributed by atoms with Gasteiger partial charge in [-0.15, -0.1) is 0 Å². The van der Waals surface area contributed by atoms with E-state index in [-0.39, 0.29) is 18.9 Å². The summed E-state index contributed by atoms with van der Waals surface area (Å²) in [4.78, 5) is 24.4. The van der Waals surface area contributed by atoms with Crippen molar-refractivity contribution in [1.82, 2.24) is 0 Å². The first-order valence-electron chi connectivity index (χ1n) is 6.44. The molecule has 1 amide bonds. The van der Waals surface area contributed by atoms with Crippen LogP contribution in [0.25, 0.3) is 0 Å². The molecule has 0 aromatic heterocycles. The molecule has 0 bridgehead atoms. The van der Waals surface area contributed by atoms with Crippen molar-refractivity contribution in [3.05, 3.63) is 23.8 Å². The van der Waals surface area contributed by atoms with Crippen LogP contribution in [0.15, 0.2) is 18.2 Å². The van der Waals surface area contributed by atoms with Crippen molar-refractivity contribution < 1.29 is 19.4 Å². The Labute approximate surface area is 110 Å². The molecule has 0 spiro atoms. The molecule has 2 heterocycles. The average Bonchev–Trinajstić information content (AvgIpc) is 2.80. The summed E-state index contributed by atoms with van der Waals surface area (Å²) >= 11 is 0. The zero-order valence-corrected chi connectivity index (χ0v) is 10.5. The van der Waals surface area contributed by atoms with Crippen LogP contribution in [0, 0.1) is 5.92 Å². The highest BCUT2D eigenvalue weighted by Gasteiger charge is 2.35. The quantitative estimate of drug-likeness (QED) is 0.875. The van der Waals surface area contributed by atoms with E-state index < -0.39 is 11.9 Å². The van der Waals surface area contributed by atoms with Gasteiger partial charge in [-0.25, -0.2) is 0 Å². The van der Waals surface area contributed by atoms with E-state index in [1.54, 1.807) is 4.90 Å². The van der Waals surface area contributed by atoms with Gasteiger partial charge in [0, 0.05) is 18.7 Å². The lowest BCUT2D eigenvalue weighted by atomic mass is 10.1. The second-order valence-corrected chi connectivity index (χ2v) is 4.99. The van der Waals surface area contributed by atoms with Crippen LogP contribution in [-0.2, 0) is 16.0 Å². The topological polar surface area (TPSA) is 66.8 Å². The summed E-state index contributed by atoms with van der Waals surface area (Å²) < 4.78 is 5.53. The Morgan fingerprint density at radius 3 is 3.00 bits per heavy atom. The largest absolute Gasteiger partial charge is 0.493 e. The number of ether oxygens (including phenoxy) is 1. The number of amides is 1. The molecular weight excluding hydrogens is 246 g/mol. The van der Waals surface area contributed by atoms with Crippen molar-refractivity contribution in [3.63, 3.8) is 0 Å². The number of carbonyl (C=O) groups is 2. The van der Waals surface area contributed by atoms with Gasteiger partial charge in [0.2, 0.25) is 5.91 Å². The van der Waals surface area contributed by atoms with Crippen molar-refractivity contribution in [1.29, 1.82) is 0 Å². The fourth-order valence-corrected chi connectivity index (χ4v) is 2.64. The molecule has 19 heavy (non-hydrogen) atoms. The molecule has 0 aliphatic carbocycles. The van der Waals surface area contributed by atoms with E-state index in [0.717, 1.165) is 36.4 Å². The van der Waals surface area contributed by atoms with Crippen molar-refractivity contribution in [2.45, 2.75) is 19.3 Å². The first-order valence-corrected chi connectivity index (χ1v) is 6.44. The van der Waals surface area contributed by atoms with Crippen LogP contribution in [0.5, 0.6) is 5.75 Å². The van der Waals surface area contributed by atoms with Gasteiger partial charge in [0.25, 0.3) is 0 Å². The molecule has 1 aromatic rings. The van der Waals surface area contributed by atoms with Crippen LogP contribution >= 0.6 is 0 Å². The Hall–Kier alpha value is -2.04. The molecule has 1 N–H and O–H groups in total. The van der Waals surface area contributed by atoms with Gasteiger partial charge in [-0.1, -0.05) is 0 Å². The fourth-order valence-electron chi connectivity index (χ4n) is 2.64. The van der Waals surface area contributed by atoms with Crippen LogP contribution in [-0.4, -0.2) is 30.1 Å². The fraction of sp³-hybridized carbons (Fsp3) is 0.429. The Balaban J connectivity index is 1.86. The van der Waals surface area contributed by atoms with Crippen molar-refractivity contribution >= 4 is 17.6 Å². The van der Waals surface area contributed by atoms with E-state index in [1.807, 2.05) is 18.2 Å². The molecule has 3 rings (SSSR count). The lowest BCUT2D eigenvalue weighted by molar-refractivity contribution is -0.141. The zero-order chi connectivity index (χ0) is 13.4. The van der Waals surface area contributed by atoms with Crippen molar-refractivity contribution in [3.8, 4) is 5.75 Å². The van der Waals surface area contributed by atoms with E-state index in [4.69, 9.17) is 9.84 Å². The number of hydrogen-bond acceptors (Lipinski definition) is 3. The number of carbonyl (C=O) groups excluding carboxylic acids is 1. The van der Waals surface area contributed by atoms with Crippen LogP contribution in [0.4, 0.5) is 5.69 Å². The second-order valence-electron chi connectivity index (χ2n) is 4.99. The minimum atomic E-state index is -0.905. The van der Waals surface area contributed by atoms with E-state index in [1.165, 1.54) is 0 Å². The maximum Gasteiger partial charge on any atom is 0.308 e. The number of nitrogens with zero attached hydrogens (tertiary/aromatic N) is 1. The molecule has 0 saturated carbocycles. The number of fused-ring (bicyclic) bond motifs is 1. The number of hydrogen-bond donors (Lipinski definition) is 1. The first kappa shape index (κ1) is 12.0. The maximum absolute atomic E-state index is 11.9. The minimum Gasteiger partial charge on any atom is -0.493 e. The molecule has 1 atom stereocenters. The molecule has 1 fully saturated rings. The van der Waals surface area contributed by atoms with Gasteiger partial charge >= 0.3 is 5.97 Å². The molecule has 2 aliphatic heterocycles. The van der Waals surface area contributed by atoms with Gasteiger partial charge in [-0.2, -0.15) is 0 Å². The molecule has 1 aromatic carbocycles. The van der Waals surface area contributed by atoms with Crippen LogP contribution in [0.3, 0.4) is 0 Å². The summed E-state index contributed by atoms with van der Waals surface area (Å²) in [5.41, 5.74) is 1.87. The standard InChI is InChI=1S/C14H15NO4/c16-13-7-10(14(17)18)8-15(13)11-3-4-12-9(6-11)2-1-5-19-12/h3-4,6,10H,1-2,5,7-8H2,(H,17,18). The predicted octanol–water partition coefficient (Wildman–Crippen LogP) is 1.45. The van der Waals surface area contributed by atoms with Gasteiger partial charge in [0.05, 0.1) is 12.5 Å². The number of carboxylic acids is 1. The van der Waals surface area contributed by atoms with Gasteiger partial charge in [0.15, 0.2) is 0 Å². The van der Waals surface area contributed by atoms with E-state index >= 15 is 0 Å². The number of carboxylic acid groups (broad SMARTS) is 1. The normalized spacial score (nSPS) is 22.0. The zero-order valence-electron chi connectivity index (χ0n) is 10.5. The highest BCUT2D eigenvalue weighted by atomic mass is 16.5. The highest BCUT2D eigenvalue weighted by molar-refractivity contribution is 5.99. The lowest BCUT2D eigenvalue weighted by Crippen LogP contribution is -2.26. The van der Waals surface area contributed by atoms with Gasteiger partial charge in [-0.05, 0) is 36.6 Å². The smallest absolute Gasteiger partial charge is 0.308 e. The van der Waals surface area contributed by atoms with Crippen LogP contribution in [0.1, 0.15) is 18.4 Å². The molecule has 100 valence electrons. The first-order chi connectivity index (χ1) is 9.15. The van der Waals surface area contributed by atoms with E-state index in [9.17, 15) is 9.59 Å². The summed E-state index contributed by atoms with van der Waals surface area (Å²) in [6.07, 6.45) is 2.00. The molecule has 1 unspecified atom stereocenters. The highest BCUT2D eigenvalue weighted by Crippen LogP contribution is 2.32. The summed E-state index contributed by atoms with van der Waals surface area (Å²) in [5, 5.41) is 8.99. The molecule has 5 nitrogen and oxygen atoms in total. The van der Waals surface area contributed by atoms with Gasteiger partial charge in [-0.3, -0.25) is 9.59 Å². The maximum atomic E-state index is 11.9. The Morgan fingerprint density at radius 2 is 2.26 bits per heavy atom. The van der Waals surface area contributed by atoms with E-state index in [0.29, 0.717) is 0 Å². The third-order valence-corrected chi connectivity index (χ3v) is 3.68. The molecule has 0 radical (unpaired) electrons. The van der Waals surface area contributed by atoms with Crippen molar-refractivity contribution in [2.75, 3.05) is 18.1 Å². The van der Waals surface area contributed by atoms with E-state index in [2.05, 4.69) is 0 Å².